The van der Waals surface area contributed by atoms with Crippen molar-refractivity contribution in [3.8, 4) is 0 Å². The smallest absolute Gasteiger partial charge is 0.155 e. The molecule has 0 aromatic rings. The minimum atomic E-state index is -0.0184. The van der Waals surface area contributed by atoms with Crippen LogP contribution in [0.25, 0.3) is 0 Å². The molecule has 94 valence electrons. The third-order valence-corrected chi connectivity index (χ3v) is 4.28. The Morgan fingerprint density at radius 3 is 2.56 bits per heavy atom. The molecule has 2 aliphatic rings. The Morgan fingerprint density at radius 1 is 1.06 bits per heavy atom. The van der Waals surface area contributed by atoms with E-state index in [9.17, 15) is 0 Å². The van der Waals surface area contributed by atoms with Crippen LogP contribution in [-0.2, 0) is 9.47 Å². The summed E-state index contributed by atoms with van der Waals surface area (Å²) in [4.78, 5) is 0. The van der Waals surface area contributed by atoms with E-state index in [0.717, 1.165) is 18.4 Å². The number of rotatable bonds is 4. The highest BCUT2D eigenvalue weighted by Gasteiger charge is 2.33. The van der Waals surface area contributed by atoms with Crippen LogP contribution in [0.5, 0.6) is 0 Å². The summed E-state index contributed by atoms with van der Waals surface area (Å²) in [6, 6.07) is 0. The Labute approximate surface area is 99.7 Å². The summed E-state index contributed by atoms with van der Waals surface area (Å²) in [7, 11) is 0. The summed E-state index contributed by atoms with van der Waals surface area (Å²) in [5.74, 6) is 1.96. The van der Waals surface area contributed by atoms with Gasteiger partial charge in [-0.15, -0.1) is 0 Å². The van der Waals surface area contributed by atoms with Gasteiger partial charge in [-0.3, -0.25) is 0 Å². The van der Waals surface area contributed by atoms with Crippen LogP contribution in [0.1, 0.15) is 58.8 Å². The van der Waals surface area contributed by atoms with Crippen LogP contribution >= 0.6 is 0 Å². The van der Waals surface area contributed by atoms with Gasteiger partial charge < -0.3 is 9.47 Å². The van der Waals surface area contributed by atoms with E-state index in [1.807, 2.05) is 13.8 Å². The van der Waals surface area contributed by atoms with Crippen LogP contribution in [0.3, 0.4) is 0 Å². The van der Waals surface area contributed by atoms with Crippen LogP contribution < -0.4 is 0 Å². The molecule has 0 saturated heterocycles. The SMILES string of the molecule is CCOC(C)OC1CCC2CCCCC2C1. The second-order valence-electron chi connectivity index (χ2n) is 5.40. The van der Waals surface area contributed by atoms with Crippen molar-refractivity contribution in [1.82, 2.24) is 0 Å². The highest BCUT2D eigenvalue weighted by atomic mass is 16.7. The second kappa shape index (κ2) is 6.02. The lowest BCUT2D eigenvalue weighted by molar-refractivity contribution is -0.171. The fourth-order valence-electron chi connectivity index (χ4n) is 3.50. The topological polar surface area (TPSA) is 18.5 Å². The molecule has 2 aliphatic carbocycles. The Kier molecular flexibility index (Phi) is 4.66. The molecular formula is C14H26O2. The summed E-state index contributed by atoms with van der Waals surface area (Å²) in [6.45, 7) is 4.80. The molecule has 4 unspecified atom stereocenters. The molecule has 0 aromatic heterocycles. The Balaban J connectivity index is 1.76. The van der Waals surface area contributed by atoms with Crippen LogP contribution in [0.15, 0.2) is 0 Å². The van der Waals surface area contributed by atoms with Gasteiger partial charge in [-0.2, -0.15) is 0 Å². The average molecular weight is 226 g/mol. The maximum Gasteiger partial charge on any atom is 0.155 e. The zero-order valence-electron chi connectivity index (χ0n) is 10.8. The normalized spacial score (nSPS) is 36.8. The fourth-order valence-corrected chi connectivity index (χ4v) is 3.50. The van der Waals surface area contributed by atoms with Crippen molar-refractivity contribution in [3.63, 3.8) is 0 Å². The highest BCUT2D eigenvalue weighted by molar-refractivity contribution is 4.83. The van der Waals surface area contributed by atoms with E-state index in [2.05, 4.69) is 0 Å². The first-order valence-corrected chi connectivity index (χ1v) is 7.06. The standard InChI is InChI=1S/C14H26O2/c1-3-15-11(2)16-14-9-8-12-6-4-5-7-13(12)10-14/h11-14H,3-10H2,1-2H3. The van der Waals surface area contributed by atoms with E-state index in [0.29, 0.717) is 6.10 Å². The first kappa shape index (κ1) is 12.4. The molecule has 0 radical (unpaired) electrons. The van der Waals surface area contributed by atoms with E-state index < -0.39 is 0 Å². The summed E-state index contributed by atoms with van der Waals surface area (Å²) in [6.07, 6.45) is 10.2. The number of fused-ring (bicyclic) bond motifs is 1. The Hall–Kier alpha value is -0.0800. The third kappa shape index (κ3) is 3.21. The molecule has 2 heteroatoms. The molecule has 0 aliphatic heterocycles. The molecule has 16 heavy (non-hydrogen) atoms. The lowest BCUT2D eigenvalue weighted by atomic mass is 9.70. The van der Waals surface area contributed by atoms with Crippen molar-refractivity contribution in [2.75, 3.05) is 6.61 Å². The minimum absolute atomic E-state index is 0.0184. The summed E-state index contributed by atoms with van der Waals surface area (Å²) >= 11 is 0. The van der Waals surface area contributed by atoms with Crippen molar-refractivity contribution in [2.45, 2.75) is 71.2 Å². The zero-order chi connectivity index (χ0) is 11.4. The molecule has 0 N–H and O–H groups in total. The van der Waals surface area contributed by atoms with Crippen molar-refractivity contribution in [3.05, 3.63) is 0 Å². The minimum Gasteiger partial charge on any atom is -0.353 e. The van der Waals surface area contributed by atoms with E-state index in [4.69, 9.17) is 9.47 Å². The number of hydrogen-bond acceptors (Lipinski definition) is 2. The molecule has 2 nitrogen and oxygen atoms in total. The first-order chi connectivity index (χ1) is 7.79. The van der Waals surface area contributed by atoms with Gasteiger partial charge in [0.25, 0.3) is 0 Å². The summed E-state index contributed by atoms with van der Waals surface area (Å²) < 4.78 is 11.4. The van der Waals surface area contributed by atoms with E-state index in [1.54, 1.807) is 0 Å². The average Bonchev–Trinajstić information content (AvgIpc) is 2.29. The van der Waals surface area contributed by atoms with Crippen molar-refractivity contribution in [1.29, 1.82) is 0 Å². The molecule has 2 fully saturated rings. The molecule has 0 spiro atoms. The summed E-state index contributed by atoms with van der Waals surface area (Å²) in [5.41, 5.74) is 0. The lowest BCUT2D eigenvalue weighted by Gasteiger charge is -2.39. The van der Waals surface area contributed by atoms with Crippen molar-refractivity contribution in [2.24, 2.45) is 11.8 Å². The van der Waals surface area contributed by atoms with Crippen LogP contribution in [0.2, 0.25) is 0 Å². The third-order valence-electron chi connectivity index (χ3n) is 4.28. The predicted octanol–water partition coefficient (Wildman–Crippen LogP) is 3.74. The maximum atomic E-state index is 5.96. The Bertz CT molecular complexity index is 205. The largest absolute Gasteiger partial charge is 0.353 e. The first-order valence-electron chi connectivity index (χ1n) is 7.06. The molecule has 0 heterocycles. The molecular weight excluding hydrogens is 200 g/mol. The van der Waals surface area contributed by atoms with Crippen LogP contribution in [0, 0.1) is 11.8 Å². The Morgan fingerprint density at radius 2 is 1.81 bits per heavy atom. The quantitative estimate of drug-likeness (QED) is 0.680. The molecule has 0 bridgehead atoms. The van der Waals surface area contributed by atoms with Gasteiger partial charge in [0.1, 0.15) is 0 Å². The van der Waals surface area contributed by atoms with Gasteiger partial charge in [0.2, 0.25) is 0 Å². The predicted molar refractivity (Wildman–Crippen MR) is 65.3 cm³/mol. The lowest BCUT2D eigenvalue weighted by Crippen LogP contribution is -2.34. The van der Waals surface area contributed by atoms with Gasteiger partial charge in [0.15, 0.2) is 6.29 Å². The monoisotopic (exact) mass is 226 g/mol. The molecule has 4 atom stereocenters. The van der Waals surface area contributed by atoms with Gasteiger partial charge >= 0.3 is 0 Å². The van der Waals surface area contributed by atoms with Gasteiger partial charge in [-0.05, 0) is 44.9 Å². The number of hydrogen-bond donors (Lipinski definition) is 0. The summed E-state index contributed by atoms with van der Waals surface area (Å²) in [5, 5.41) is 0. The maximum absolute atomic E-state index is 5.96. The number of ether oxygens (including phenoxy) is 2. The molecule has 0 amide bonds. The fraction of sp³-hybridized carbons (Fsp3) is 1.00. The molecule has 2 saturated carbocycles. The van der Waals surface area contributed by atoms with Gasteiger partial charge in [-0.1, -0.05) is 25.7 Å². The van der Waals surface area contributed by atoms with Crippen LogP contribution in [-0.4, -0.2) is 19.0 Å². The molecule has 0 aromatic carbocycles. The van der Waals surface area contributed by atoms with Crippen molar-refractivity contribution < 1.29 is 9.47 Å². The van der Waals surface area contributed by atoms with Gasteiger partial charge in [0.05, 0.1) is 6.10 Å². The zero-order valence-corrected chi connectivity index (χ0v) is 10.8. The van der Waals surface area contributed by atoms with Gasteiger partial charge in [-0.25, -0.2) is 0 Å². The molecule has 2 rings (SSSR count). The van der Waals surface area contributed by atoms with Gasteiger partial charge in [0, 0.05) is 6.61 Å². The second-order valence-corrected chi connectivity index (χ2v) is 5.40. The van der Waals surface area contributed by atoms with E-state index in [-0.39, 0.29) is 6.29 Å². The van der Waals surface area contributed by atoms with Crippen molar-refractivity contribution >= 4 is 0 Å². The highest BCUT2D eigenvalue weighted by Crippen LogP contribution is 2.41. The van der Waals surface area contributed by atoms with E-state index >= 15 is 0 Å². The van der Waals surface area contributed by atoms with Crippen LogP contribution in [0.4, 0.5) is 0 Å². The van der Waals surface area contributed by atoms with E-state index in [1.165, 1.54) is 44.9 Å².